The summed E-state index contributed by atoms with van der Waals surface area (Å²) in [4.78, 5) is 14.3. The van der Waals surface area contributed by atoms with E-state index in [1.165, 1.54) is 6.07 Å². The zero-order valence-electron chi connectivity index (χ0n) is 13.2. The van der Waals surface area contributed by atoms with E-state index >= 15 is 0 Å². The Kier molecular flexibility index (Phi) is 4.64. The van der Waals surface area contributed by atoms with Crippen molar-refractivity contribution in [3.05, 3.63) is 35.4 Å². The highest BCUT2D eigenvalue weighted by Crippen LogP contribution is 2.36. The monoisotopic (exact) mass is 325 g/mol. The largest absolute Gasteiger partial charge is 0.378 e. The Morgan fingerprint density at radius 3 is 2.91 bits per heavy atom. The van der Waals surface area contributed by atoms with Crippen LogP contribution >= 0.6 is 0 Å². The van der Waals surface area contributed by atoms with Gasteiger partial charge in [0.25, 0.3) is 0 Å². The molecule has 0 radical (unpaired) electrons. The Labute approximate surface area is 134 Å². The molecular weight excluding hydrogens is 304 g/mol. The van der Waals surface area contributed by atoms with Crippen molar-refractivity contribution in [3.63, 3.8) is 0 Å². The highest BCUT2D eigenvalue weighted by atomic mass is 19.2. The van der Waals surface area contributed by atoms with E-state index in [-0.39, 0.29) is 18.4 Å². The number of carbonyl (C=O) groups is 1. The van der Waals surface area contributed by atoms with Crippen molar-refractivity contribution < 1.29 is 23.0 Å². The van der Waals surface area contributed by atoms with Crippen LogP contribution in [0.4, 0.5) is 8.78 Å². The maximum Gasteiger partial charge on any atom is 0.227 e. The molecule has 126 valence electrons. The zero-order valence-corrected chi connectivity index (χ0v) is 13.2. The van der Waals surface area contributed by atoms with Crippen molar-refractivity contribution >= 4 is 5.91 Å². The molecule has 1 spiro atoms. The van der Waals surface area contributed by atoms with Crippen molar-refractivity contribution in [3.8, 4) is 0 Å². The Morgan fingerprint density at radius 1 is 1.43 bits per heavy atom. The number of amides is 1. The Bertz CT molecular complexity index is 587. The molecule has 3 rings (SSSR count). The van der Waals surface area contributed by atoms with E-state index in [4.69, 9.17) is 9.47 Å². The second-order valence-electron chi connectivity index (χ2n) is 6.27. The molecule has 0 saturated carbocycles. The number of nitrogens with zero attached hydrogens (tertiary/aromatic N) is 1. The summed E-state index contributed by atoms with van der Waals surface area (Å²) in [5.74, 6) is -1.93. The lowest BCUT2D eigenvalue weighted by Gasteiger charge is -2.44. The number of hydrogen-bond donors (Lipinski definition) is 0. The molecule has 2 atom stereocenters. The van der Waals surface area contributed by atoms with E-state index in [2.05, 4.69) is 0 Å². The van der Waals surface area contributed by atoms with Gasteiger partial charge in [0.15, 0.2) is 11.6 Å². The van der Waals surface area contributed by atoms with E-state index in [1.54, 1.807) is 12.0 Å². The predicted octanol–water partition coefficient (Wildman–Crippen LogP) is 2.30. The molecule has 6 heteroatoms. The van der Waals surface area contributed by atoms with Crippen molar-refractivity contribution in [2.45, 2.75) is 37.4 Å². The van der Waals surface area contributed by atoms with Crippen molar-refractivity contribution in [2.24, 2.45) is 0 Å². The molecule has 0 bridgehead atoms. The Balaban J connectivity index is 1.69. The van der Waals surface area contributed by atoms with Crippen LogP contribution < -0.4 is 0 Å². The van der Waals surface area contributed by atoms with E-state index < -0.39 is 17.2 Å². The van der Waals surface area contributed by atoms with Gasteiger partial charge in [0, 0.05) is 20.3 Å². The third kappa shape index (κ3) is 3.23. The molecule has 2 aliphatic rings. The molecule has 1 amide bonds. The molecular formula is C17H21F2NO3. The van der Waals surface area contributed by atoms with Crippen LogP contribution in [0.1, 0.15) is 24.8 Å². The van der Waals surface area contributed by atoms with Gasteiger partial charge in [-0.25, -0.2) is 8.78 Å². The van der Waals surface area contributed by atoms with Gasteiger partial charge in [-0.2, -0.15) is 0 Å². The zero-order chi connectivity index (χ0) is 16.4. The molecule has 0 unspecified atom stereocenters. The Morgan fingerprint density at radius 2 is 2.26 bits per heavy atom. The van der Waals surface area contributed by atoms with Gasteiger partial charge in [-0.1, -0.05) is 6.07 Å². The molecule has 4 nitrogen and oxygen atoms in total. The van der Waals surface area contributed by atoms with Crippen LogP contribution in [-0.2, 0) is 20.7 Å². The highest BCUT2D eigenvalue weighted by molar-refractivity contribution is 5.79. The van der Waals surface area contributed by atoms with E-state index in [9.17, 15) is 13.6 Å². The number of hydrogen-bond acceptors (Lipinski definition) is 3. The Hall–Kier alpha value is -1.53. The first-order valence-corrected chi connectivity index (χ1v) is 7.92. The van der Waals surface area contributed by atoms with E-state index in [1.807, 2.05) is 0 Å². The quantitative estimate of drug-likeness (QED) is 0.856. The standard InChI is InChI=1S/C17H21F2NO3/c1-22-15-5-7-20(11-17(15)6-2-8-23-17)16(21)10-12-3-4-13(18)14(19)9-12/h3-4,9,15H,2,5-8,10-11H2,1H3/t15-,17-/m0/s1. The first-order chi connectivity index (χ1) is 11.0. The number of rotatable bonds is 3. The van der Waals surface area contributed by atoms with Gasteiger partial charge >= 0.3 is 0 Å². The lowest BCUT2D eigenvalue weighted by atomic mass is 9.86. The molecule has 2 heterocycles. The first-order valence-electron chi connectivity index (χ1n) is 7.92. The minimum absolute atomic E-state index is 0.00249. The predicted molar refractivity (Wildman–Crippen MR) is 80.0 cm³/mol. The normalized spacial score (nSPS) is 27.6. The number of benzene rings is 1. The molecule has 23 heavy (non-hydrogen) atoms. The summed E-state index contributed by atoms with van der Waals surface area (Å²) in [6.45, 7) is 1.77. The molecule has 2 aliphatic heterocycles. The summed E-state index contributed by atoms with van der Waals surface area (Å²) < 4.78 is 37.7. The number of ether oxygens (including phenoxy) is 2. The lowest BCUT2D eigenvalue weighted by molar-refractivity contribution is -0.160. The fourth-order valence-corrected chi connectivity index (χ4v) is 3.62. The topological polar surface area (TPSA) is 38.8 Å². The van der Waals surface area contributed by atoms with Crippen molar-refractivity contribution in [1.82, 2.24) is 4.90 Å². The van der Waals surface area contributed by atoms with Crippen molar-refractivity contribution in [1.29, 1.82) is 0 Å². The summed E-state index contributed by atoms with van der Waals surface area (Å²) in [5, 5.41) is 0. The maximum atomic E-state index is 13.3. The van der Waals surface area contributed by atoms with Gasteiger partial charge in [-0.3, -0.25) is 4.79 Å². The van der Waals surface area contributed by atoms with E-state index in [0.29, 0.717) is 25.3 Å². The smallest absolute Gasteiger partial charge is 0.227 e. The summed E-state index contributed by atoms with van der Waals surface area (Å²) >= 11 is 0. The van der Waals surface area contributed by atoms with Gasteiger partial charge in [0.2, 0.25) is 5.91 Å². The molecule has 2 fully saturated rings. The van der Waals surface area contributed by atoms with Crippen LogP contribution in [0.15, 0.2) is 18.2 Å². The summed E-state index contributed by atoms with van der Waals surface area (Å²) in [6.07, 6.45) is 2.62. The average Bonchev–Trinajstić information content (AvgIpc) is 2.99. The number of carbonyl (C=O) groups excluding carboxylic acids is 1. The summed E-state index contributed by atoms with van der Waals surface area (Å²) in [7, 11) is 1.67. The van der Waals surface area contributed by atoms with Crippen LogP contribution in [-0.4, -0.2) is 49.3 Å². The third-order valence-electron chi connectivity index (χ3n) is 4.82. The van der Waals surface area contributed by atoms with E-state index in [0.717, 1.165) is 31.4 Å². The minimum atomic E-state index is -0.927. The fourth-order valence-electron chi connectivity index (χ4n) is 3.62. The van der Waals surface area contributed by atoms with Gasteiger partial charge in [0.05, 0.1) is 19.1 Å². The van der Waals surface area contributed by atoms with Crippen molar-refractivity contribution in [2.75, 3.05) is 26.8 Å². The average molecular weight is 325 g/mol. The van der Waals surface area contributed by atoms with Crippen LogP contribution in [0.2, 0.25) is 0 Å². The van der Waals surface area contributed by atoms with Crippen LogP contribution in [0.25, 0.3) is 0 Å². The molecule has 1 aromatic carbocycles. The number of halogens is 2. The fraction of sp³-hybridized carbons (Fsp3) is 0.588. The number of piperidine rings is 1. The molecule has 1 aromatic rings. The molecule has 0 N–H and O–H groups in total. The highest BCUT2D eigenvalue weighted by Gasteiger charge is 2.48. The summed E-state index contributed by atoms with van der Waals surface area (Å²) in [6, 6.07) is 3.58. The lowest BCUT2D eigenvalue weighted by Crippen LogP contribution is -2.58. The third-order valence-corrected chi connectivity index (χ3v) is 4.82. The number of likely N-dealkylation sites (tertiary alicyclic amines) is 1. The molecule has 2 saturated heterocycles. The van der Waals surface area contributed by atoms with Gasteiger partial charge in [-0.05, 0) is 37.0 Å². The molecule has 0 aliphatic carbocycles. The second-order valence-corrected chi connectivity index (χ2v) is 6.27. The molecule has 0 aromatic heterocycles. The minimum Gasteiger partial charge on any atom is -0.378 e. The van der Waals surface area contributed by atoms with Gasteiger partial charge < -0.3 is 14.4 Å². The first kappa shape index (κ1) is 16.3. The maximum absolute atomic E-state index is 13.3. The van der Waals surface area contributed by atoms with Crippen LogP contribution in [0.3, 0.4) is 0 Å². The van der Waals surface area contributed by atoms with Gasteiger partial charge in [0.1, 0.15) is 5.60 Å². The van der Waals surface area contributed by atoms with Crippen LogP contribution in [0, 0.1) is 11.6 Å². The second kappa shape index (κ2) is 6.53. The summed E-state index contributed by atoms with van der Waals surface area (Å²) in [5.41, 5.74) is 0.0561. The van der Waals surface area contributed by atoms with Crippen LogP contribution in [0.5, 0.6) is 0 Å². The SMILES string of the molecule is CO[C@H]1CCN(C(=O)Cc2ccc(F)c(F)c2)C[C@@]12CCCO2. The van der Waals surface area contributed by atoms with Gasteiger partial charge in [-0.15, -0.1) is 0 Å². The number of methoxy groups -OCH3 is 1.